The van der Waals surface area contributed by atoms with Crippen LogP contribution in [0, 0.1) is 0 Å². The lowest BCUT2D eigenvalue weighted by Crippen LogP contribution is -2.32. The Morgan fingerprint density at radius 3 is 1.47 bits per heavy atom. The molecule has 258 valence electrons. The van der Waals surface area contributed by atoms with Crippen molar-refractivity contribution in [2.75, 3.05) is 4.90 Å². The number of ether oxygens (including phenoxy) is 1. The number of anilines is 3. The van der Waals surface area contributed by atoms with Gasteiger partial charge in [0.15, 0.2) is 0 Å². The average molecular weight is 702 g/mol. The second kappa shape index (κ2) is 12.5. The molecule has 0 aromatic heterocycles. The summed E-state index contributed by atoms with van der Waals surface area (Å²) in [5.74, 6) is 1.75. The number of hydrogen-bond donors (Lipinski definition) is 0. The van der Waals surface area contributed by atoms with E-state index in [1.807, 2.05) is 0 Å². The molecule has 0 fully saturated rings. The molecular weight excluding hydrogens is 667 g/mol. The van der Waals surface area contributed by atoms with Crippen molar-refractivity contribution in [3.8, 4) is 44.9 Å². The predicted octanol–water partition coefficient (Wildman–Crippen LogP) is 14.1. The van der Waals surface area contributed by atoms with Crippen molar-refractivity contribution in [2.24, 2.45) is 0 Å². The fraction of sp³-hybridized carbons (Fsp3) is 0.0189. The van der Waals surface area contributed by atoms with Crippen LogP contribution in [0.15, 0.2) is 212 Å². The molecule has 0 radical (unpaired) electrons. The monoisotopic (exact) mass is 701 g/mol. The minimum Gasteiger partial charge on any atom is -0.457 e. The summed E-state index contributed by atoms with van der Waals surface area (Å²) >= 11 is 0. The van der Waals surface area contributed by atoms with Crippen LogP contribution >= 0.6 is 0 Å². The van der Waals surface area contributed by atoms with Crippen LogP contribution in [0.4, 0.5) is 17.1 Å². The van der Waals surface area contributed by atoms with Gasteiger partial charge >= 0.3 is 0 Å². The zero-order valence-corrected chi connectivity index (χ0v) is 30.1. The van der Waals surface area contributed by atoms with Gasteiger partial charge in [0.25, 0.3) is 0 Å². The van der Waals surface area contributed by atoms with Gasteiger partial charge in [0, 0.05) is 34.3 Å². The first-order chi connectivity index (χ1) is 27.3. The molecular formula is C53H35NO. The van der Waals surface area contributed by atoms with Gasteiger partial charge in [-0.25, -0.2) is 0 Å². The molecule has 0 saturated carbocycles. The number of nitrogens with zero attached hydrogens (tertiary/aromatic N) is 1. The summed E-state index contributed by atoms with van der Waals surface area (Å²) in [5.41, 5.74) is 14.9. The Morgan fingerprint density at radius 1 is 0.309 bits per heavy atom. The van der Waals surface area contributed by atoms with E-state index >= 15 is 0 Å². The Morgan fingerprint density at radius 2 is 0.782 bits per heavy atom. The highest BCUT2D eigenvalue weighted by Crippen LogP contribution is 2.62. The summed E-state index contributed by atoms with van der Waals surface area (Å²) in [4.78, 5) is 2.35. The Hall–Kier alpha value is -7.16. The van der Waals surface area contributed by atoms with Crippen LogP contribution in [0.1, 0.15) is 22.3 Å². The molecule has 1 aliphatic heterocycles. The number of fused-ring (bicyclic) bond motifs is 10. The third-order valence-electron chi connectivity index (χ3n) is 11.5. The first kappa shape index (κ1) is 31.4. The predicted molar refractivity (Wildman–Crippen MR) is 227 cm³/mol. The van der Waals surface area contributed by atoms with E-state index in [4.69, 9.17) is 4.74 Å². The van der Waals surface area contributed by atoms with Gasteiger partial charge in [-0.05, 0) is 91.7 Å². The third-order valence-corrected chi connectivity index (χ3v) is 11.5. The second-order valence-electron chi connectivity index (χ2n) is 14.5. The van der Waals surface area contributed by atoms with Gasteiger partial charge in [-0.3, -0.25) is 0 Å². The molecule has 0 saturated heterocycles. The molecule has 2 nitrogen and oxygen atoms in total. The molecule has 1 heterocycles. The van der Waals surface area contributed by atoms with Gasteiger partial charge in [-0.1, -0.05) is 170 Å². The summed E-state index contributed by atoms with van der Waals surface area (Å²) in [6.07, 6.45) is 0. The van der Waals surface area contributed by atoms with E-state index in [-0.39, 0.29) is 0 Å². The van der Waals surface area contributed by atoms with Crippen molar-refractivity contribution >= 4 is 27.8 Å². The summed E-state index contributed by atoms with van der Waals surface area (Å²) in [6, 6.07) is 76.7. The number of hydrogen-bond acceptors (Lipinski definition) is 2. The normalized spacial score (nSPS) is 13.0. The van der Waals surface area contributed by atoms with Crippen LogP contribution in [0.3, 0.4) is 0 Å². The van der Waals surface area contributed by atoms with E-state index in [1.165, 1.54) is 60.8 Å². The van der Waals surface area contributed by atoms with Gasteiger partial charge in [0.2, 0.25) is 0 Å². The first-order valence-corrected chi connectivity index (χ1v) is 18.9. The second-order valence-corrected chi connectivity index (χ2v) is 14.5. The zero-order chi connectivity index (χ0) is 36.3. The maximum absolute atomic E-state index is 6.92. The Kier molecular flexibility index (Phi) is 7.11. The lowest BCUT2D eigenvalue weighted by molar-refractivity contribution is 0.436. The van der Waals surface area contributed by atoms with Crippen LogP contribution in [0.2, 0.25) is 0 Å². The fourth-order valence-electron chi connectivity index (χ4n) is 9.04. The van der Waals surface area contributed by atoms with Gasteiger partial charge in [-0.2, -0.15) is 0 Å². The molecule has 9 aromatic rings. The first-order valence-electron chi connectivity index (χ1n) is 18.9. The smallest absolute Gasteiger partial charge is 0.134 e. The van der Waals surface area contributed by atoms with E-state index in [0.717, 1.165) is 34.1 Å². The van der Waals surface area contributed by atoms with Crippen LogP contribution in [0.5, 0.6) is 11.5 Å². The Bertz CT molecular complexity index is 2850. The number of benzene rings is 9. The molecule has 1 spiro atoms. The molecule has 11 rings (SSSR count). The van der Waals surface area contributed by atoms with E-state index in [9.17, 15) is 0 Å². The van der Waals surface area contributed by atoms with Crippen molar-refractivity contribution in [1.82, 2.24) is 0 Å². The number of para-hydroxylation sites is 1. The van der Waals surface area contributed by atoms with Crippen molar-refractivity contribution in [2.45, 2.75) is 5.41 Å². The minimum atomic E-state index is -0.499. The maximum atomic E-state index is 6.92. The highest BCUT2D eigenvalue weighted by atomic mass is 16.5. The van der Waals surface area contributed by atoms with Gasteiger partial charge in [-0.15, -0.1) is 0 Å². The van der Waals surface area contributed by atoms with Crippen molar-refractivity contribution in [1.29, 1.82) is 0 Å². The quantitative estimate of drug-likeness (QED) is 0.177. The van der Waals surface area contributed by atoms with E-state index in [2.05, 4.69) is 217 Å². The SMILES string of the molecule is c1ccc(-c2ccc(-c3ccc(N(c4ccc5c(c4)Oc4ccccc4C54c5ccccc5-c5ccccc54)c4ccc5ccccc5c4)cc3)cc2)cc1. The van der Waals surface area contributed by atoms with Gasteiger partial charge < -0.3 is 9.64 Å². The average Bonchev–Trinajstić information content (AvgIpc) is 3.55. The Labute approximate surface area is 321 Å². The lowest BCUT2D eigenvalue weighted by atomic mass is 9.66. The van der Waals surface area contributed by atoms with E-state index in [0.29, 0.717) is 0 Å². The lowest BCUT2D eigenvalue weighted by Gasteiger charge is -2.40. The van der Waals surface area contributed by atoms with Crippen molar-refractivity contribution < 1.29 is 4.74 Å². The largest absolute Gasteiger partial charge is 0.457 e. The van der Waals surface area contributed by atoms with Crippen LogP contribution in [-0.2, 0) is 5.41 Å². The maximum Gasteiger partial charge on any atom is 0.134 e. The number of rotatable bonds is 5. The fourth-order valence-corrected chi connectivity index (χ4v) is 9.04. The van der Waals surface area contributed by atoms with Gasteiger partial charge in [0.1, 0.15) is 11.5 Å². The molecule has 0 unspecified atom stereocenters. The molecule has 2 aliphatic rings. The highest BCUT2D eigenvalue weighted by molar-refractivity contribution is 5.92. The topological polar surface area (TPSA) is 12.5 Å². The molecule has 0 N–H and O–H groups in total. The summed E-state index contributed by atoms with van der Waals surface area (Å²) in [6.45, 7) is 0. The van der Waals surface area contributed by atoms with Gasteiger partial charge in [0.05, 0.1) is 5.41 Å². The molecule has 2 heteroatoms. The van der Waals surface area contributed by atoms with Crippen LogP contribution in [0.25, 0.3) is 44.2 Å². The van der Waals surface area contributed by atoms with Crippen LogP contribution < -0.4 is 9.64 Å². The van der Waals surface area contributed by atoms with E-state index < -0.39 is 5.41 Å². The molecule has 1 aliphatic carbocycles. The van der Waals surface area contributed by atoms with Crippen molar-refractivity contribution in [3.05, 3.63) is 235 Å². The van der Waals surface area contributed by atoms with Crippen LogP contribution in [-0.4, -0.2) is 0 Å². The zero-order valence-electron chi connectivity index (χ0n) is 30.1. The molecule has 0 bridgehead atoms. The minimum absolute atomic E-state index is 0.499. The van der Waals surface area contributed by atoms with E-state index in [1.54, 1.807) is 0 Å². The molecule has 0 amide bonds. The Balaban J connectivity index is 1.06. The molecule has 9 aromatic carbocycles. The molecule has 55 heavy (non-hydrogen) atoms. The third kappa shape index (κ3) is 4.89. The summed E-state index contributed by atoms with van der Waals surface area (Å²) in [5, 5.41) is 2.41. The standard InChI is InChI=1S/C53H35NO/c1-2-12-36(13-3-1)38-22-24-39(25-23-38)40-26-29-42(30-27-40)54(43-31-28-37-14-4-5-15-41(37)34-43)44-32-33-50-52(35-44)55-51-21-11-10-20-49(51)53(50)47-18-8-6-16-45(47)46-17-7-9-19-48(46)53/h1-35H. The van der Waals surface area contributed by atoms with Crippen molar-refractivity contribution in [3.63, 3.8) is 0 Å². The summed E-state index contributed by atoms with van der Waals surface area (Å²) < 4.78 is 6.92. The summed E-state index contributed by atoms with van der Waals surface area (Å²) in [7, 11) is 0. The highest BCUT2D eigenvalue weighted by Gasteiger charge is 2.51. The molecule has 0 atom stereocenters.